The fourth-order valence-electron chi connectivity index (χ4n) is 7.17. The molecule has 0 saturated carbocycles. The van der Waals surface area contributed by atoms with Gasteiger partial charge in [-0.25, -0.2) is 4.79 Å². The molecule has 2 aromatic carbocycles. The molecule has 17 nitrogen and oxygen atoms in total. The number of carboxylic acids is 1. The number of carbonyl (C=O) groups is 5. The molecule has 0 spiro atoms. The molecule has 2 heterocycles. The maximum Gasteiger partial charge on any atom is 0.347 e. The maximum absolute atomic E-state index is 13.9. The molecule has 0 bridgehead atoms. The van der Waals surface area contributed by atoms with Crippen LogP contribution in [-0.4, -0.2) is 144 Å². The van der Waals surface area contributed by atoms with Crippen LogP contribution in [0.1, 0.15) is 76.7 Å². The minimum Gasteiger partial charge on any atom is -0.495 e. The number of likely N-dealkylation sites (N-methyl/N-ethyl adjacent to an activating group) is 1. The fraction of sp³-hybridized carbons (Fsp3) is 0.612. The number of amides is 2. The van der Waals surface area contributed by atoms with Gasteiger partial charge in [0.1, 0.15) is 24.0 Å². The van der Waals surface area contributed by atoms with Crippen molar-refractivity contribution in [3.05, 3.63) is 76.3 Å². The Balaban J connectivity index is 1.32. The molecule has 2 aromatic rings. The standard InChI is InChI=1S/C49H70ClN3O14/c1-32(2)27-41-47(58)65-39(9-8-10-42(54)52-38(29-35-13-16-40(60-7)37(50)28-35)46(57)51-31-49(4,5)48(59)66-41)33(3)44-45(67-44)36-14-11-34(12-15-36)30-53(6)18-20-62-22-24-64-26-25-63-23-21-61-19-17-43(55)56/h8,10-16,28,32-33,38-39,41,44-45H,9,17-27,29-31H2,1-7H3,(H,51,57)(H,52,54)(H,55,56)/t33-,38+,39-,41-,44+,45+/m0/s1. The zero-order chi connectivity index (χ0) is 48.9. The lowest BCUT2D eigenvalue weighted by Crippen LogP contribution is -2.51. The van der Waals surface area contributed by atoms with Crippen LogP contribution in [-0.2, 0) is 70.1 Å². The van der Waals surface area contributed by atoms with E-state index in [1.54, 1.807) is 38.1 Å². The van der Waals surface area contributed by atoms with Gasteiger partial charge in [0.15, 0.2) is 6.10 Å². The molecule has 2 aliphatic rings. The number of hydrogen-bond donors (Lipinski definition) is 3. The minimum atomic E-state index is -1.23. The highest BCUT2D eigenvalue weighted by molar-refractivity contribution is 6.32. The Bertz CT molecular complexity index is 1930. The molecule has 6 atom stereocenters. The van der Waals surface area contributed by atoms with Crippen LogP contribution in [0.15, 0.2) is 54.6 Å². The van der Waals surface area contributed by atoms with Gasteiger partial charge in [-0.15, -0.1) is 0 Å². The molecule has 4 rings (SSSR count). The topological polar surface area (TPSA) is 210 Å². The number of ether oxygens (including phenoxy) is 8. The molecule has 0 aromatic heterocycles. The number of benzene rings is 2. The maximum atomic E-state index is 13.9. The lowest BCUT2D eigenvalue weighted by Gasteiger charge is -2.29. The minimum absolute atomic E-state index is 0.0148. The van der Waals surface area contributed by atoms with E-state index >= 15 is 0 Å². The Morgan fingerprint density at radius 3 is 2.13 bits per heavy atom. The molecule has 2 amide bonds. The van der Waals surface area contributed by atoms with Gasteiger partial charge in [-0.3, -0.25) is 24.1 Å². The van der Waals surface area contributed by atoms with Gasteiger partial charge in [0.2, 0.25) is 11.8 Å². The normalized spacial score (nSPS) is 21.9. The third-order valence-electron chi connectivity index (χ3n) is 11.2. The average molecular weight is 961 g/mol. The molecule has 0 unspecified atom stereocenters. The third-order valence-corrected chi connectivity index (χ3v) is 11.5. The van der Waals surface area contributed by atoms with E-state index in [1.807, 2.05) is 40.0 Å². The first-order chi connectivity index (χ1) is 32.0. The molecular formula is C49H70ClN3O14. The van der Waals surface area contributed by atoms with E-state index in [-0.39, 0.29) is 62.9 Å². The summed E-state index contributed by atoms with van der Waals surface area (Å²) in [6.07, 6.45) is 0.918. The number of cyclic esters (lactones) is 2. The number of carbonyl (C=O) groups excluding carboxylic acids is 4. The third kappa shape index (κ3) is 19.5. The Hall–Kier alpha value is -4.62. The van der Waals surface area contributed by atoms with E-state index in [2.05, 4.69) is 27.7 Å². The number of hydrogen-bond acceptors (Lipinski definition) is 14. The quantitative estimate of drug-likeness (QED) is 0.0672. The van der Waals surface area contributed by atoms with Crippen molar-refractivity contribution in [2.75, 3.05) is 80.1 Å². The smallest absolute Gasteiger partial charge is 0.347 e. The highest BCUT2D eigenvalue weighted by Gasteiger charge is 2.48. The zero-order valence-electron chi connectivity index (χ0n) is 39.9. The van der Waals surface area contributed by atoms with Crippen molar-refractivity contribution < 1.29 is 67.0 Å². The summed E-state index contributed by atoms with van der Waals surface area (Å²) in [5, 5.41) is 14.5. The van der Waals surface area contributed by atoms with Crippen LogP contribution < -0.4 is 15.4 Å². The molecule has 372 valence electrons. The van der Waals surface area contributed by atoms with Crippen molar-refractivity contribution in [3.8, 4) is 5.75 Å². The second-order valence-corrected chi connectivity index (χ2v) is 18.3. The SMILES string of the molecule is COc1ccc(C[C@H]2NC(=O)C=CC[C@@H]([C@H](C)[C@H]3O[C@@H]3c3ccc(CN(C)CCOCCOCCOCCOCCC(=O)O)cc3)OC(=O)[C@H](CC(C)C)OC(=O)C(C)(C)CNC2=O)cc1Cl. The summed E-state index contributed by atoms with van der Waals surface area (Å²) in [6.45, 7) is 13.5. The first-order valence-electron chi connectivity index (χ1n) is 22.9. The van der Waals surface area contributed by atoms with Crippen LogP contribution in [0.5, 0.6) is 5.75 Å². The predicted molar refractivity (Wildman–Crippen MR) is 248 cm³/mol. The summed E-state index contributed by atoms with van der Waals surface area (Å²) < 4.78 is 45.3. The number of esters is 2. The lowest BCUT2D eigenvalue weighted by atomic mass is 9.92. The van der Waals surface area contributed by atoms with Gasteiger partial charge in [-0.1, -0.05) is 68.8 Å². The van der Waals surface area contributed by atoms with Crippen LogP contribution in [0.2, 0.25) is 5.02 Å². The molecule has 0 radical (unpaired) electrons. The van der Waals surface area contributed by atoms with E-state index in [0.717, 1.165) is 17.7 Å². The lowest BCUT2D eigenvalue weighted by molar-refractivity contribution is -0.179. The van der Waals surface area contributed by atoms with Crippen LogP contribution >= 0.6 is 11.6 Å². The van der Waals surface area contributed by atoms with Gasteiger partial charge >= 0.3 is 17.9 Å². The molecule has 67 heavy (non-hydrogen) atoms. The van der Waals surface area contributed by atoms with Crippen molar-refractivity contribution >= 4 is 41.3 Å². The number of nitrogens with one attached hydrogen (secondary N) is 2. The molecule has 1 saturated heterocycles. The first-order valence-corrected chi connectivity index (χ1v) is 23.3. The number of methoxy groups -OCH3 is 1. The summed E-state index contributed by atoms with van der Waals surface area (Å²) in [5.41, 5.74) is 1.54. The van der Waals surface area contributed by atoms with Gasteiger partial charge in [0.05, 0.1) is 82.9 Å². The van der Waals surface area contributed by atoms with Crippen LogP contribution in [0.3, 0.4) is 0 Å². The molecule has 2 aliphatic heterocycles. The molecule has 18 heteroatoms. The van der Waals surface area contributed by atoms with Crippen LogP contribution in [0, 0.1) is 17.3 Å². The van der Waals surface area contributed by atoms with Gasteiger partial charge in [-0.05, 0) is 68.1 Å². The van der Waals surface area contributed by atoms with E-state index in [9.17, 15) is 24.0 Å². The largest absolute Gasteiger partial charge is 0.495 e. The van der Waals surface area contributed by atoms with Crippen LogP contribution in [0.25, 0.3) is 0 Å². The number of carboxylic acid groups (broad SMARTS) is 1. The Labute approximate surface area is 399 Å². The van der Waals surface area contributed by atoms with Gasteiger partial charge < -0.3 is 53.6 Å². The Morgan fingerprint density at radius 1 is 0.896 bits per heavy atom. The van der Waals surface area contributed by atoms with Crippen molar-refractivity contribution in [2.24, 2.45) is 17.3 Å². The van der Waals surface area contributed by atoms with Crippen molar-refractivity contribution in [3.63, 3.8) is 0 Å². The number of halogens is 1. The summed E-state index contributed by atoms with van der Waals surface area (Å²) in [7, 11) is 3.52. The summed E-state index contributed by atoms with van der Waals surface area (Å²) in [5.74, 6) is -3.17. The second kappa shape index (κ2) is 28.0. The summed E-state index contributed by atoms with van der Waals surface area (Å²) >= 11 is 6.37. The number of epoxide rings is 1. The Kier molecular flexibility index (Phi) is 23.0. The second-order valence-electron chi connectivity index (χ2n) is 17.9. The Morgan fingerprint density at radius 2 is 1.52 bits per heavy atom. The van der Waals surface area contributed by atoms with Gasteiger partial charge in [0, 0.05) is 38.4 Å². The molecule has 0 aliphatic carbocycles. The summed E-state index contributed by atoms with van der Waals surface area (Å²) in [4.78, 5) is 67.1. The van der Waals surface area contributed by atoms with E-state index < -0.39 is 53.4 Å². The van der Waals surface area contributed by atoms with Crippen LogP contribution in [0.4, 0.5) is 0 Å². The fourth-order valence-corrected chi connectivity index (χ4v) is 7.45. The number of aliphatic carboxylic acids is 1. The highest BCUT2D eigenvalue weighted by atomic mass is 35.5. The van der Waals surface area contributed by atoms with Crippen molar-refractivity contribution in [1.82, 2.24) is 15.5 Å². The van der Waals surface area contributed by atoms with E-state index in [0.29, 0.717) is 69.1 Å². The molecular weight excluding hydrogens is 890 g/mol. The number of nitrogens with zero attached hydrogens (tertiary/aromatic N) is 1. The average Bonchev–Trinajstić information content (AvgIpc) is 4.08. The monoisotopic (exact) mass is 959 g/mol. The summed E-state index contributed by atoms with van der Waals surface area (Å²) in [6, 6.07) is 12.3. The number of rotatable bonds is 25. The van der Waals surface area contributed by atoms with Gasteiger partial charge in [-0.2, -0.15) is 0 Å². The first kappa shape index (κ1) is 55.0. The molecule has 1 fully saturated rings. The predicted octanol–water partition coefficient (Wildman–Crippen LogP) is 5.10. The zero-order valence-corrected chi connectivity index (χ0v) is 40.7. The van der Waals surface area contributed by atoms with Crippen molar-refractivity contribution in [1.29, 1.82) is 0 Å². The van der Waals surface area contributed by atoms with Gasteiger partial charge in [0.25, 0.3) is 0 Å². The van der Waals surface area contributed by atoms with E-state index in [4.69, 9.17) is 54.6 Å². The van der Waals surface area contributed by atoms with E-state index in [1.165, 1.54) is 13.2 Å². The highest BCUT2D eigenvalue weighted by Crippen LogP contribution is 2.45. The van der Waals surface area contributed by atoms with Crippen molar-refractivity contribution in [2.45, 2.75) is 97.3 Å². The molecule has 3 N–H and O–H groups in total.